The zero-order valence-electron chi connectivity index (χ0n) is 36.2. The number of unbranched alkanes of at least 4 members (excludes halogenated alkanes) is 17. The predicted octanol–water partition coefficient (Wildman–Crippen LogP) is 6.27. The molecular weight excluding hydrogens is 901 g/mol. The first kappa shape index (κ1) is 59.2. The van der Waals surface area contributed by atoms with E-state index in [0.717, 1.165) is 76.4 Å². The molecule has 1 fully saturated rings. The average Bonchev–Trinajstić information content (AvgIpc) is 3.18. The molecule has 0 aromatic carbocycles. The fourth-order valence-electron chi connectivity index (χ4n) is 6.67. The van der Waals surface area contributed by atoms with E-state index >= 15 is 0 Å². The highest BCUT2D eigenvalue weighted by molar-refractivity contribution is 8.13. The minimum Gasteiger partial charge on any atom is -0.462 e. The van der Waals surface area contributed by atoms with Gasteiger partial charge in [-0.05, 0) is 25.7 Å². The maximum atomic E-state index is 13.1. The molecule has 8 atom stereocenters. The number of hydrogen-bond donors (Lipinski definition) is 8. The van der Waals surface area contributed by atoms with Crippen LogP contribution in [0, 0.1) is 0 Å². The molecule has 0 aliphatic heterocycles. The van der Waals surface area contributed by atoms with Gasteiger partial charge >= 0.3 is 35.4 Å². The molecule has 0 saturated heterocycles. The third kappa shape index (κ3) is 28.9. The number of carbonyl (C=O) groups is 3. The minimum atomic E-state index is -5.55. The number of esters is 2. The Kier molecular flexibility index (Phi) is 31.3. The number of aliphatic hydroxyl groups is 3. The third-order valence-electron chi connectivity index (χ3n) is 9.92. The first-order chi connectivity index (χ1) is 29.2. The van der Waals surface area contributed by atoms with E-state index in [1.165, 1.54) is 56.7 Å². The number of hydrogen-bond acceptors (Lipinski definition) is 16. The van der Waals surface area contributed by atoms with E-state index in [0.29, 0.717) is 19.3 Å². The van der Waals surface area contributed by atoms with E-state index in [1.54, 1.807) is 0 Å². The number of ether oxygens (including phenoxy) is 2. The lowest BCUT2D eigenvalue weighted by Crippen LogP contribution is -2.65. The normalized spacial score (nSPS) is 22.2. The summed E-state index contributed by atoms with van der Waals surface area (Å²) < 4.78 is 65.3. The van der Waals surface area contributed by atoms with Crippen molar-refractivity contribution in [1.82, 2.24) is 0 Å². The second kappa shape index (κ2) is 32.8. The maximum absolute atomic E-state index is 13.1. The SMILES string of the molecule is CCCCCCCCCCCCCCCC(=O)O[C@H](COC(=O)CCCCCCCCSC(=O)CCC)COP(=O)(O)OC1C(O)[C@@H](OP(=O)(O)O)C(O)[C@@H](OP(=O)(O)O)[C@H]1O. The van der Waals surface area contributed by atoms with Gasteiger partial charge in [-0.1, -0.05) is 128 Å². The van der Waals surface area contributed by atoms with Crippen LogP contribution in [0.25, 0.3) is 0 Å². The first-order valence-electron chi connectivity index (χ1n) is 21.9. The summed E-state index contributed by atoms with van der Waals surface area (Å²) in [5.74, 6) is -0.589. The minimum absolute atomic E-state index is 0.0199. The van der Waals surface area contributed by atoms with Gasteiger partial charge in [0.05, 0.1) is 6.61 Å². The molecule has 4 unspecified atom stereocenters. The summed E-state index contributed by atoms with van der Waals surface area (Å²) in [5, 5.41) is 32.0. The summed E-state index contributed by atoms with van der Waals surface area (Å²) >= 11 is 1.35. The van der Waals surface area contributed by atoms with Crippen LogP contribution in [0.4, 0.5) is 0 Å². The fourth-order valence-corrected chi connectivity index (χ4v) is 9.70. The Morgan fingerprint density at radius 2 is 0.919 bits per heavy atom. The molecule has 24 heteroatoms. The van der Waals surface area contributed by atoms with Crippen molar-refractivity contribution in [2.75, 3.05) is 19.0 Å². The molecule has 1 aliphatic rings. The van der Waals surface area contributed by atoms with Gasteiger partial charge < -0.3 is 49.3 Å². The topological polar surface area (TPSA) is 320 Å². The Hall–Kier alpha value is -0.830. The molecule has 366 valence electrons. The lowest BCUT2D eigenvalue weighted by Gasteiger charge is -2.44. The molecule has 0 heterocycles. The molecule has 1 aliphatic carbocycles. The van der Waals surface area contributed by atoms with Crippen molar-refractivity contribution in [1.29, 1.82) is 0 Å². The Balaban J connectivity index is 2.80. The van der Waals surface area contributed by atoms with Crippen molar-refractivity contribution in [3.05, 3.63) is 0 Å². The van der Waals surface area contributed by atoms with Gasteiger partial charge in [0.25, 0.3) is 0 Å². The summed E-state index contributed by atoms with van der Waals surface area (Å²) in [5.41, 5.74) is 0. The molecule has 8 N–H and O–H groups in total. The van der Waals surface area contributed by atoms with E-state index in [2.05, 4.69) is 16.0 Å². The van der Waals surface area contributed by atoms with Crippen molar-refractivity contribution < 1.29 is 95.4 Å². The Morgan fingerprint density at radius 1 is 0.516 bits per heavy atom. The van der Waals surface area contributed by atoms with Crippen LogP contribution in [0.5, 0.6) is 0 Å². The smallest absolute Gasteiger partial charge is 0.462 e. The maximum Gasteiger partial charge on any atom is 0.472 e. The lowest BCUT2D eigenvalue weighted by molar-refractivity contribution is -0.213. The number of thioether (sulfide) groups is 1. The molecule has 0 aromatic rings. The second-order valence-corrected chi connectivity index (χ2v) is 20.5. The van der Waals surface area contributed by atoms with Gasteiger partial charge in [0.15, 0.2) is 11.2 Å². The lowest BCUT2D eigenvalue weighted by atomic mass is 9.85. The molecule has 20 nitrogen and oxygen atoms in total. The van der Waals surface area contributed by atoms with Crippen LogP contribution in [-0.2, 0) is 55.6 Å². The zero-order chi connectivity index (χ0) is 46.6. The highest BCUT2D eigenvalue weighted by Gasteiger charge is 2.56. The number of rotatable bonds is 37. The van der Waals surface area contributed by atoms with E-state index in [4.69, 9.17) is 18.5 Å². The van der Waals surface area contributed by atoms with Crippen molar-refractivity contribution in [2.24, 2.45) is 0 Å². The summed E-state index contributed by atoms with van der Waals surface area (Å²) in [6.45, 7) is 2.61. The molecule has 0 radical (unpaired) electrons. The van der Waals surface area contributed by atoms with Gasteiger partial charge in [0, 0.05) is 25.0 Å². The van der Waals surface area contributed by atoms with Crippen molar-refractivity contribution in [3.63, 3.8) is 0 Å². The molecular formula is C38H73O20P3S. The first-order valence-corrected chi connectivity index (χ1v) is 27.4. The van der Waals surface area contributed by atoms with E-state index in [-0.39, 0.29) is 18.0 Å². The van der Waals surface area contributed by atoms with Crippen LogP contribution in [0.2, 0.25) is 0 Å². The fraction of sp³-hybridized carbons (Fsp3) is 0.921. The van der Waals surface area contributed by atoms with Gasteiger partial charge in [-0.25, -0.2) is 13.7 Å². The van der Waals surface area contributed by atoms with E-state index in [9.17, 15) is 67.9 Å². The largest absolute Gasteiger partial charge is 0.472 e. The predicted molar refractivity (Wildman–Crippen MR) is 228 cm³/mol. The number of aliphatic hydroxyl groups excluding tert-OH is 3. The zero-order valence-corrected chi connectivity index (χ0v) is 39.7. The Labute approximate surface area is 370 Å². The van der Waals surface area contributed by atoms with Crippen LogP contribution in [0.1, 0.15) is 162 Å². The van der Waals surface area contributed by atoms with Crippen LogP contribution < -0.4 is 0 Å². The average molecular weight is 975 g/mol. The van der Waals surface area contributed by atoms with Crippen molar-refractivity contribution in [2.45, 2.75) is 204 Å². The van der Waals surface area contributed by atoms with Gasteiger partial charge in [-0.15, -0.1) is 0 Å². The van der Waals surface area contributed by atoms with Crippen molar-refractivity contribution >= 4 is 52.3 Å². The standard InChI is InChI=1S/C38H73O20P3S/c1-3-5-6-7-8-9-10-11-12-13-14-18-21-25-31(40)55-29(27-53-30(39)24-20-17-15-16-19-22-26-62-32(41)23-4-2)28-54-61(51,52)58-38-34(43)36(56-59(45,46)47)33(42)37(35(38)44)57-60(48,49)50/h29,33-38,42-44H,3-28H2,1-2H3,(H,51,52)(H2,45,46,47)(H2,48,49,50)/t29-,33?,34-,35?,36-,37+,38?/m1/s1. The Morgan fingerprint density at radius 3 is 1.35 bits per heavy atom. The number of phosphoric acid groups is 3. The van der Waals surface area contributed by atoms with Gasteiger partial charge in [0.2, 0.25) is 0 Å². The number of phosphoric ester groups is 3. The summed E-state index contributed by atoms with van der Waals surface area (Å²) in [6, 6.07) is 0. The molecule has 62 heavy (non-hydrogen) atoms. The highest BCUT2D eigenvalue weighted by Crippen LogP contribution is 2.51. The van der Waals surface area contributed by atoms with Crippen LogP contribution >= 0.6 is 35.2 Å². The molecule has 0 spiro atoms. The number of carbonyl (C=O) groups excluding carboxylic acids is 3. The summed E-state index contributed by atoms with van der Waals surface area (Å²) in [7, 11) is -16.6. The van der Waals surface area contributed by atoms with Crippen LogP contribution in [0.3, 0.4) is 0 Å². The third-order valence-corrected chi connectivity index (χ3v) is 13.0. The quantitative estimate of drug-likeness (QED) is 0.0193. The summed E-state index contributed by atoms with van der Waals surface area (Å²) in [4.78, 5) is 84.6. The molecule has 1 saturated carbocycles. The summed E-state index contributed by atoms with van der Waals surface area (Å²) in [6.07, 6.45) is 4.01. The van der Waals surface area contributed by atoms with Gasteiger partial charge in [0.1, 0.15) is 43.2 Å². The molecule has 0 aromatic heterocycles. The van der Waals surface area contributed by atoms with Gasteiger partial charge in [-0.3, -0.25) is 32.5 Å². The molecule has 0 amide bonds. The highest BCUT2D eigenvalue weighted by atomic mass is 32.2. The van der Waals surface area contributed by atoms with E-state index in [1.807, 2.05) is 6.92 Å². The van der Waals surface area contributed by atoms with Crippen molar-refractivity contribution in [3.8, 4) is 0 Å². The Bertz CT molecular complexity index is 1360. The second-order valence-electron chi connectivity index (χ2n) is 15.6. The van der Waals surface area contributed by atoms with Gasteiger partial charge in [-0.2, -0.15) is 0 Å². The van der Waals surface area contributed by atoms with E-state index < -0.39 is 91.3 Å². The van der Waals surface area contributed by atoms with Crippen LogP contribution in [0.15, 0.2) is 0 Å². The molecule has 1 rings (SSSR count). The monoisotopic (exact) mass is 974 g/mol. The molecule has 0 bridgehead atoms. The van der Waals surface area contributed by atoms with Crippen LogP contribution in [-0.4, -0.2) is 119 Å².